The number of ketones is 1. The molecule has 0 fully saturated rings. The van der Waals surface area contributed by atoms with Crippen molar-refractivity contribution in [3.8, 4) is 0 Å². The summed E-state index contributed by atoms with van der Waals surface area (Å²) in [5.74, 6) is -0.113. The van der Waals surface area contributed by atoms with Gasteiger partial charge in [0.25, 0.3) is 0 Å². The summed E-state index contributed by atoms with van der Waals surface area (Å²) in [5.41, 5.74) is 1.39. The Labute approximate surface area is 117 Å². The number of hydrogen-bond acceptors (Lipinski definition) is 3. The van der Waals surface area contributed by atoms with E-state index < -0.39 is 6.23 Å². The van der Waals surface area contributed by atoms with E-state index in [1.165, 1.54) is 7.11 Å². The van der Waals surface area contributed by atoms with Gasteiger partial charge in [0.15, 0.2) is 6.23 Å². The van der Waals surface area contributed by atoms with Gasteiger partial charge in [0.05, 0.1) is 0 Å². The van der Waals surface area contributed by atoms with Crippen molar-refractivity contribution in [3.05, 3.63) is 65.2 Å². The minimum Gasteiger partial charge on any atom is -0.354 e. The van der Waals surface area contributed by atoms with E-state index >= 15 is 0 Å². The van der Waals surface area contributed by atoms with Gasteiger partial charge in [-0.2, -0.15) is 0 Å². The Bertz CT molecular complexity index is 540. The molecule has 0 bridgehead atoms. The molecular weight excluding hydrogens is 262 g/mol. The van der Waals surface area contributed by atoms with Gasteiger partial charge in [-0.25, -0.2) is 0 Å². The maximum Gasteiger partial charge on any atom is 0.211 e. The molecule has 0 aliphatic carbocycles. The molecule has 1 N–H and O–H groups in total. The summed E-state index contributed by atoms with van der Waals surface area (Å²) in [5, 5.41) is 3.67. The van der Waals surface area contributed by atoms with Gasteiger partial charge in [-0.3, -0.25) is 4.79 Å². The fourth-order valence-corrected chi connectivity index (χ4v) is 1.81. The van der Waals surface area contributed by atoms with Crippen LogP contribution in [0.1, 0.15) is 10.4 Å². The number of ether oxygens (including phenoxy) is 1. The van der Waals surface area contributed by atoms with Gasteiger partial charge < -0.3 is 10.1 Å². The summed E-state index contributed by atoms with van der Waals surface area (Å²) >= 11 is 5.81. The van der Waals surface area contributed by atoms with Crippen LogP contribution in [0.25, 0.3) is 0 Å². The van der Waals surface area contributed by atoms with Crippen molar-refractivity contribution in [1.29, 1.82) is 0 Å². The highest BCUT2D eigenvalue weighted by Gasteiger charge is 2.18. The van der Waals surface area contributed by atoms with E-state index in [9.17, 15) is 4.79 Å². The van der Waals surface area contributed by atoms with Gasteiger partial charge in [0, 0.05) is 23.4 Å². The van der Waals surface area contributed by atoms with Crippen molar-refractivity contribution in [2.45, 2.75) is 6.23 Å². The van der Waals surface area contributed by atoms with Crippen LogP contribution in [0.2, 0.25) is 5.02 Å². The molecule has 0 aliphatic rings. The topological polar surface area (TPSA) is 38.3 Å². The van der Waals surface area contributed by atoms with E-state index in [0.29, 0.717) is 10.6 Å². The lowest BCUT2D eigenvalue weighted by molar-refractivity contribution is 0.0677. The minimum atomic E-state index is -0.719. The number of hydrogen-bond donors (Lipinski definition) is 1. The summed E-state index contributed by atoms with van der Waals surface area (Å²) in [4.78, 5) is 12.2. The van der Waals surface area contributed by atoms with Crippen molar-refractivity contribution < 1.29 is 9.53 Å². The largest absolute Gasteiger partial charge is 0.354 e. The normalized spacial score (nSPS) is 11.9. The van der Waals surface area contributed by atoms with Crippen LogP contribution in [0.4, 0.5) is 5.69 Å². The number of halogens is 1. The molecule has 4 heteroatoms. The van der Waals surface area contributed by atoms with Crippen LogP contribution in [0.5, 0.6) is 0 Å². The lowest BCUT2D eigenvalue weighted by Crippen LogP contribution is -2.31. The summed E-state index contributed by atoms with van der Waals surface area (Å²) in [6, 6.07) is 16.1. The molecule has 2 aromatic rings. The second-order valence-electron chi connectivity index (χ2n) is 4.00. The highest BCUT2D eigenvalue weighted by Crippen LogP contribution is 2.16. The minimum absolute atomic E-state index is 0.113. The van der Waals surface area contributed by atoms with E-state index in [1.807, 2.05) is 18.2 Å². The number of carbonyl (C=O) groups is 1. The molecule has 1 atom stereocenters. The molecule has 2 rings (SSSR count). The van der Waals surface area contributed by atoms with Crippen LogP contribution >= 0.6 is 11.6 Å². The maximum absolute atomic E-state index is 12.2. The third-order valence-corrected chi connectivity index (χ3v) is 2.93. The van der Waals surface area contributed by atoms with Crippen molar-refractivity contribution in [2.75, 3.05) is 12.4 Å². The maximum atomic E-state index is 12.2. The molecule has 3 nitrogen and oxygen atoms in total. The first kappa shape index (κ1) is 13.6. The summed E-state index contributed by atoms with van der Waals surface area (Å²) in [7, 11) is 1.49. The zero-order chi connectivity index (χ0) is 13.7. The van der Waals surface area contributed by atoms with Gasteiger partial charge in [0.2, 0.25) is 5.78 Å². The molecule has 0 saturated carbocycles. The van der Waals surface area contributed by atoms with Crippen molar-refractivity contribution >= 4 is 23.1 Å². The Morgan fingerprint density at radius 2 is 1.74 bits per heavy atom. The molecule has 98 valence electrons. The first-order valence-corrected chi connectivity index (χ1v) is 6.22. The summed E-state index contributed by atoms with van der Waals surface area (Å²) < 4.78 is 5.21. The fourth-order valence-electron chi connectivity index (χ4n) is 1.68. The van der Waals surface area contributed by atoms with Crippen LogP contribution in [0.15, 0.2) is 54.6 Å². The molecule has 0 saturated heterocycles. The Balaban J connectivity index is 2.12. The van der Waals surface area contributed by atoms with Crippen LogP contribution in [-0.2, 0) is 4.74 Å². The fraction of sp³-hybridized carbons (Fsp3) is 0.133. The van der Waals surface area contributed by atoms with Crippen LogP contribution in [0.3, 0.4) is 0 Å². The van der Waals surface area contributed by atoms with Gasteiger partial charge in [-0.15, -0.1) is 0 Å². The molecule has 0 amide bonds. The highest BCUT2D eigenvalue weighted by molar-refractivity contribution is 6.30. The SMILES string of the molecule is COC(Nc1ccc(Cl)cc1)C(=O)c1ccccc1. The molecular formula is C15H14ClNO2. The number of methoxy groups -OCH3 is 1. The number of benzene rings is 2. The van der Waals surface area contributed by atoms with Gasteiger partial charge in [-0.1, -0.05) is 41.9 Å². The average molecular weight is 276 g/mol. The Kier molecular flexibility index (Phi) is 4.55. The average Bonchev–Trinajstić information content (AvgIpc) is 2.47. The molecule has 0 radical (unpaired) electrons. The lowest BCUT2D eigenvalue weighted by atomic mass is 10.1. The van der Waals surface area contributed by atoms with Gasteiger partial charge in [0.1, 0.15) is 0 Å². The first-order valence-electron chi connectivity index (χ1n) is 5.85. The van der Waals surface area contributed by atoms with Crippen LogP contribution in [-0.4, -0.2) is 19.1 Å². The number of anilines is 1. The quantitative estimate of drug-likeness (QED) is 0.669. The number of carbonyl (C=O) groups excluding carboxylic acids is 1. The van der Waals surface area contributed by atoms with E-state index in [2.05, 4.69) is 5.32 Å². The second-order valence-corrected chi connectivity index (χ2v) is 4.43. The Morgan fingerprint density at radius 1 is 1.11 bits per heavy atom. The predicted octanol–water partition coefficient (Wildman–Crippen LogP) is 3.61. The summed E-state index contributed by atoms with van der Waals surface area (Å²) in [6.45, 7) is 0. The lowest BCUT2D eigenvalue weighted by Gasteiger charge is -2.17. The first-order chi connectivity index (χ1) is 9.20. The Morgan fingerprint density at radius 3 is 2.32 bits per heavy atom. The molecule has 0 heterocycles. The van der Waals surface area contributed by atoms with E-state index in [4.69, 9.17) is 16.3 Å². The third kappa shape index (κ3) is 3.56. The number of rotatable bonds is 5. The van der Waals surface area contributed by atoms with Crippen LogP contribution < -0.4 is 5.32 Å². The smallest absolute Gasteiger partial charge is 0.211 e. The molecule has 0 aliphatic heterocycles. The van der Waals surface area contributed by atoms with Gasteiger partial charge >= 0.3 is 0 Å². The van der Waals surface area contributed by atoms with Crippen molar-refractivity contribution in [3.63, 3.8) is 0 Å². The summed E-state index contributed by atoms with van der Waals surface area (Å²) in [6.07, 6.45) is -0.719. The number of Topliss-reactive ketones (excluding diaryl/α,β-unsaturated/α-hetero) is 1. The molecule has 0 spiro atoms. The highest BCUT2D eigenvalue weighted by atomic mass is 35.5. The molecule has 2 aromatic carbocycles. The molecule has 0 aromatic heterocycles. The predicted molar refractivity (Wildman–Crippen MR) is 76.6 cm³/mol. The zero-order valence-electron chi connectivity index (χ0n) is 10.5. The van der Waals surface area contributed by atoms with E-state index in [0.717, 1.165) is 5.69 Å². The van der Waals surface area contributed by atoms with E-state index in [-0.39, 0.29) is 5.78 Å². The van der Waals surface area contributed by atoms with Crippen LogP contribution in [0, 0.1) is 0 Å². The molecule has 1 unspecified atom stereocenters. The van der Waals surface area contributed by atoms with Gasteiger partial charge in [-0.05, 0) is 24.3 Å². The standard InChI is InChI=1S/C15H14ClNO2/c1-19-15(14(18)11-5-3-2-4-6-11)17-13-9-7-12(16)8-10-13/h2-10,15,17H,1H3. The van der Waals surface area contributed by atoms with Crippen molar-refractivity contribution in [1.82, 2.24) is 0 Å². The molecule has 19 heavy (non-hydrogen) atoms. The monoisotopic (exact) mass is 275 g/mol. The number of nitrogens with one attached hydrogen (secondary N) is 1. The van der Waals surface area contributed by atoms with Crippen molar-refractivity contribution in [2.24, 2.45) is 0 Å². The van der Waals surface area contributed by atoms with E-state index in [1.54, 1.807) is 36.4 Å². The second kappa shape index (κ2) is 6.36. The Hall–Kier alpha value is -1.84. The zero-order valence-corrected chi connectivity index (χ0v) is 11.2. The third-order valence-electron chi connectivity index (χ3n) is 2.67.